The summed E-state index contributed by atoms with van der Waals surface area (Å²) in [5.74, 6) is -0.0712. The van der Waals surface area contributed by atoms with Crippen molar-refractivity contribution in [1.82, 2.24) is 10.3 Å². The molecule has 0 aromatic carbocycles. The van der Waals surface area contributed by atoms with Gasteiger partial charge < -0.3 is 15.4 Å². The second-order valence-corrected chi connectivity index (χ2v) is 4.73. The molecular formula is C12H16ClN3O2. The molecule has 1 aromatic rings. The van der Waals surface area contributed by atoms with Gasteiger partial charge in [-0.05, 0) is 25.0 Å². The van der Waals surface area contributed by atoms with E-state index in [1.54, 1.807) is 19.4 Å². The van der Waals surface area contributed by atoms with Crippen molar-refractivity contribution in [2.24, 2.45) is 0 Å². The fourth-order valence-corrected chi connectivity index (χ4v) is 2.04. The highest BCUT2D eigenvalue weighted by atomic mass is 35.5. The van der Waals surface area contributed by atoms with Crippen LogP contribution in [-0.2, 0) is 9.53 Å². The zero-order chi connectivity index (χ0) is 13.1. The number of aromatic nitrogens is 1. The Kier molecular flexibility index (Phi) is 4.16. The number of carbonyl (C=O) groups is 1. The molecule has 1 amide bonds. The van der Waals surface area contributed by atoms with Gasteiger partial charge >= 0.3 is 0 Å². The molecule has 2 unspecified atom stereocenters. The first kappa shape index (κ1) is 13.3. The molecule has 1 aliphatic rings. The third-order valence-corrected chi connectivity index (χ3v) is 3.42. The first-order chi connectivity index (χ1) is 8.60. The first-order valence-corrected chi connectivity index (χ1v) is 6.17. The summed E-state index contributed by atoms with van der Waals surface area (Å²) in [4.78, 5) is 16.0. The summed E-state index contributed by atoms with van der Waals surface area (Å²) >= 11 is 5.83. The Balaban J connectivity index is 1.97. The summed E-state index contributed by atoms with van der Waals surface area (Å²) in [6.07, 6.45) is 2.34. The Morgan fingerprint density at radius 3 is 3.06 bits per heavy atom. The molecule has 2 heterocycles. The molecule has 0 radical (unpaired) electrons. The lowest BCUT2D eigenvalue weighted by Crippen LogP contribution is -2.35. The van der Waals surface area contributed by atoms with Crippen LogP contribution in [0.3, 0.4) is 0 Å². The molecule has 0 aliphatic carbocycles. The van der Waals surface area contributed by atoms with Gasteiger partial charge in [0.05, 0.1) is 24.0 Å². The lowest BCUT2D eigenvalue weighted by atomic mass is 10.2. The van der Waals surface area contributed by atoms with Crippen LogP contribution in [-0.4, -0.2) is 36.7 Å². The number of nitrogens with zero attached hydrogens (tertiary/aromatic N) is 1. The van der Waals surface area contributed by atoms with Gasteiger partial charge in [-0.25, -0.2) is 4.98 Å². The lowest BCUT2D eigenvalue weighted by molar-refractivity contribution is -0.118. The Labute approximate surface area is 111 Å². The monoisotopic (exact) mass is 269 g/mol. The van der Waals surface area contributed by atoms with Crippen LogP contribution in [0.25, 0.3) is 0 Å². The smallest absolute Gasteiger partial charge is 0.241 e. The number of pyridine rings is 1. The summed E-state index contributed by atoms with van der Waals surface area (Å²) in [6, 6.07) is 1.58. The number of anilines is 1. The van der Waals surface area contributed by atoms with Gasteiger partial charge in [-0.15, -0.1) is 0 Å². The molecular weight excluding hydrogens is 254 g/mol. The number of rotatable bonds is 3. The molecule has 1 saturated heterocycles. The SMILES string of the molecule is COC1CNC(C(=O)Nc2cnc(Cl)c(C)c2)C1. The third-order valence-electron chi connectivity index (χ3n) is 3.02. The van der Waals surface area contributed by atoms with Crippen molar-refractivity contribution in [2.45, 2.75) is 25.5 Å². The molecule has 98 valence electrons. The molecule has 2 rings (SSSR count). The van der Waals surface area contributed by atoms with Crippen LogP contribution in [0.1, 0.15) is 12.0 Å². The molecule has 1 fully saturated rings. The molecule has 2 N–H and O–H groups in total. The van der Waals surface area contributed by atoms with Crippen LogP contribution < -0.4 is 10.6 Å². The highest BCUT2D eigenvalue weighted by Gasteiger charge is 2.29. The van der Waals surface area contributed by atoms with Crippen molar-refractivity contribution in [2.75, 3.05) is 19.0 Å². The third kappa shape index (κ3) is 2.98. The normalized spacial score (nSPS) is 23.1. The van der Waals surface area contributed by atoms with E-state index in [1.165, 1.54) is 0 Å². The average molecular weight is 270 g/mol. The Bertz CT molecular complexity index is 453. The maximum atomic E-state index is 12.0. The van der Waals surface area contributed by atoms with Gasteiger partial charge in [0, 0.05) is 13.7 Å². The predicted molar refractivity (Wildman–Crippen MR) is 69.8 cm³/mol. The van der Waals surface area contributed by atoms with E-state index in [1.807, 2.05) is 6.92 Å². The van der Waals surface area contributed by atoms with E-state index < -0.39 is 0 Å². The molecule has 18 heavy (non-hydrogen) atoms. The minimum absolute atomic E-state index is 0.0712. The number of hydrogen-bond acceptors (Lipinski definition) is 4. The molecule has 1 aliphatic heterocycles. The number of carbonyl (C=O) groups excluding carboxylic acids is 1. The van der Waals surface area contributed by atoms with E-state index in [4.69, 9.17) is 16.3 Å². The van der Waals surface area contributed by atoms with E-state index in [9.17, 15) is 4.79 Å². The first-order valence-electron chi connectivity index (χ1n) is 5.79. The summed E-state index contributed by atoms with van der Waals surface area (Å²) in [7, 11) is 1.65. The minimum Gasteiger partial charge on any atom is -0.380 e. The van der Waals surface area contributed by atoms with Crippen LogP contribution >= 0.6 is 11.6 Å². The fraction of sp³-hybridized carbons (Fsp3) is 0.500. The number of hydrogen-bond donors (Lipinski definition) is 2. The molecule has 2 atom stereocenters. The van der Waals surface area contributed by atoms with Gasteiger partial charge in [-0.2, -0.15) is 0 Å². The van der Waals surface area contributed by atoms with Crippen LogP contribution in [0, 0.1) is 6.92 Å². The molecule has 5 nitrogen and oxygen atoms in total. The lowest BCUT2D eigenvalue weighted by Gasteiger charge is -2.11. The number of methoxy groups -OCH3 is 1. The van der Waals surface area contributed by atoms with Crippen molar-refractivity contribution in [3.8, 4) is 0 Å². The average Bonchev–Trinajstić information content (AvgIpc) is 2.82. The van der Waals surface area contributed by atoms with E-state index in [0.717, 1.165) is 5.56 Å². The van der Waals surface area contributed by atoms with E-state index in [-0.39, 0.29) is 18.1 Å². The number of ether oxygens (including phenoxy) is 1. The van der Waals surface area contributed by atoms with Crippen LogP contribution in [0.15, 0.2) is 12.3 Å². The zero-order valence-corrected chi connectivity index (χ0v) is 11.1. The second-order valence-electron chi connectivity index (χ2n) is 4.38. The second kappa shape index (κ2) is 5.65. The topological polar surface area (TPSA) is 63.2 Å². The Morgan fingerprint density at radius 2 is 2.44 bits per heavy atom. The van der Waals surface area contributed by atoms with Gasteiger partial charge in [0.2, 0.25) is 5.91 Å². The Morgan fingerprint density at radius 1 is 1.67 bits per heavy atom. The molecule has 1 aromatic heterocycles. The molecule has 0 spiro atoms. The van der Waals surface area contributed by atoms with Gasteiger partial charge in [0.25, 0.3) is 0 Å². The molecule has 6 heteroatoms. The largest absolute Gasteiger partial charge is 0.380 e. The van der Waals surface area contributed by atoms with Gasteiger partial charge in [0.1, 0.15) is 5.15 Å². The van der Waals surface area contributed by atoms with Gasteiger partial charge in [-0.1, -0.05) is 11.6 Å². The standard InChI is InChI=1S/C12H16ClN3O2/c1-7-3-8(5-15-11(7)13)16-12(17)10-4-9(18-2)6-14-10/h3,5,9-10,14H,4,6H2,1-2H3,(H,16,17). The molecule has 0 saturated carbocycles. The minimum atomic E-state index is -0.217. The van der Waals surface area contributed by atoms with Crippen LogP contribution in [0.2, 0.25) is 5.15 Å². The maximum Gasteiger partial charge on any atom is 0.241 e. The van der Waals surface area contributed by atoms with Crippen molar-refractivity contribution in [3.63, 3.8) is 0 Å². The summed E-state index contributed by atoms with van der Waals surface area (Å²) in [6.45, 7) is 2.55. The zero-order valence-electron chi connectivity index (χ0n) is 10.4. The number of nitrogens with one attached hydrogen (secondary N) is 2. The van der Waals surface area contributed by atoms with Gasteiger partial charge in [0.15, 0.2) is 0 Å². The summed E-state index contributed by atoms with van der Waals surface area (Å²) in [5.41, 5.74) is 1.49. The quantitative estimate of drug-likeness (QED) is 0.814. The van der Waals surface area contributed by atoms with Crippen molar-refractivity contribution < 1.29 is 9.53 Å². The number of aryl methyl sites for hydroxylation is 1. The van der Waals surface area contributed by atoms with E-state index >= 15 is 0 Å². The molecule has 0 bridgehead atoms. The van der Waals surface area contributed by atoms with Crippen LogP contribution in [0.4, 0.5) is 5.69 Å². The highest BCUT2D eigenvalue weighted by Crippen LogP contribution is 2.17. The predicted octanol–water partition coefficient (Wildman–Crippen LogP) is 1.36. The summed E-state index contributed by atoms with van der Waals surface area (Å²) in [5, 5.41) is 6.39. The van der Waals surface area contributed by atoms with E-state index in [0.29, 0.717) is 23.8 Å². The maximum absolute atomic E-state index is 12.0. The van der Waals surface area contributed by atoms with Crippen molar-refractivity contribution in [1.29, 1.82) is 0 Å². The number of amides is 1. The van der Waals surface area contributed by atoms with Crippen molar-refractivity contribution >= 4 is 23.2 Å². The van der Waals surface area contributed by atoms with Crippen molar-refractivity contribution in [3.05, 3.63) is 23.0 Å². The summed E-state index contributed by atoms with van der Waals surface area (Å²) < 4.78 is 5.20. The van der Waals surface area contributed by atoms with Crippen LogP contribution in [0.5, 0.6) is 0 Å². The fourth-order valence-electron chi connectivity index (χ4n) is 1.94. The highest BCUT2D eigenvalue weighted by molar-refractivity contribution is 6.30. The van der Waals surface area contributed by atoms with Gasteiger partial charge in [-0.3, -0.25) is 4.79 Å². The number of halogens is 1. The van der Waals surface area contributed by atoms with E-state index in [2.05, 4.69) is 15.6 Å². The Hall–Kier alpha value is -1.17.